The number of cyclic esters (lactones) is 2. The van der Waals surface area contributed by atoms with E-state index in [-0.39, 0.29) is 36.2 Å². The molecule has 2 rings (SSSR count). The molecule has 0 aromatic heterocycles. The number of rotatable bonds is 5. The molecular weight excluding hydrogens is 327 g/mol. The topological polar surface area (TPSA) is 55.8 Å². The Hall–Kier alpha value is -2.25. The zero-order valence-corrected chi connectivity index (χ0v) is 13.6. The highest BCUT2D eigenvalue weighted by Crippen LogP contribution is 2.35. The molecule has 1 heterocycles. The van der Waals surface area contributed by atoms with Crippen LogP contribution < -0.4 is 4.90 Å². The van der Waals surface area contributed by atoms with Crippen molar-refractivity contribution in [2.45, 2.75) is 46.4 Å². The molecule has 1 aliphatic heterocycles. The quantitative estimate of drug-likeness (QED) is 0.467. The average molecular weight is 345 g/mol. The Kier molecular flexibility index (Phi) is 5.36. The fraction of sp³-hybridized carbons (Fsp3) is 0.500. The number of halogens is 3. The van der Waals surface area contributed by atoms with E-state index in [1.54, 1.807) is 20.8 Å². The number of anilines is 1. The largest absolute Gasteiger partial charge is 0.405 e. The van der Waals surface area contributed by atoms with Crippen molar-refractivity contribution in [2.75, 3.05) is 11.4 Å². The lowest BCUT2D eigenvalue weighted by atomic mass is 9.98. The molecule has 1 aliphatic rings. The zero-order chi connectivity index (χ0) is 18.0. The summed E-state index contributed by atoms with van der Waals surface area (Å²) in [7, 11) is 0. The molecule has 0 unspecified atom stereocenters. The second kappa shape index (κ2) is 7.11. The van der Waals surface area contributed by atoms with Crippen LogP contribution in [0, 0.1) is 17.5 Å². The fourth-order valence-electron chi connectivity index (χ4n) is 2.78. The highest BCUT2D eigenvalue weighted by Gasteiger charge is 2.36. The number of nitrogens with zero attached hydrogens (tertiary/aromatic N) is 1. The van der Waals surface area contributed by atoms with Crippen molar-refractivity contribution in [1.82, 2.24) is 0 Å². The van der Waals surface area contributed by atoms with Gasteiger partial charge in [0.25, 0.3) is 0 Å². The lowest BCUT2D eigenvalue weighted by molar-refractivity contribution is -0.202. The molecule has 1 saturated heterocycles. The summed E-state index contributed by atoms with van der Waals surface area (Å²) in [6, 6.07) is 0. The van der Waals surface area contributed by atoms with Gasteiger partial charge in [0.2, 0.25) is 0 Å². The standard InChI is InChI=1S/C16H18F3NO4/c1-4-8-9(5-2)15(14(19)13(18)12(8)17)20(6-3)16-23-10(21)7-11(22)24-16/h16H,4-7H2,1-3H3. The molecule has 0 amide bonds. The van der Waals surface area contributed by atoms with Crippen molar-refractivity contribution in [3.8, 4) is 0 Å². The normalized spacial score (nSPS) is 15.2. The van der Waals surface area contributed by atoms with Crippen molar-refractivity contribution in [1.29, 1.82) is 0 Å². The van der Waals surface area contributed by atoms with Crippen molar-refractivity contribution in [2.24, 2.45) is 0 Å². The molecule has 1 aromatic rings. The first-order valence-electron chi connectivity index (χ1n) is 7.69. The maximum atomic E-state index is 14.5. The predicted octanol–water partition coefficient (Wildman–Crippen LogP) is 2.83. The average Bonchev–Trinajstić information content (AvgIpc) is 2.54. The molecule has 132 valence electrons. The molecule has 5 nitrogen and oxygen atoms in total. The molecule has 24 heavy (non-hydrogen) atoms. The van der Waals surface area contributed by atoms with Crippen LogP contribution in [-0.2, 0) is 31.9 Å². The van der Waals surface area contributed by atoms with Crippen LogP contribution in [0.4, 0.5) is 18.9 Å². The van der Waals surface area contributed by atoms with Gasteiger partial charge in [-0.3, -0.25) is 14.5 Å². The van der Waals surface area contributed by atoms with Crippen LogP contribution >= 0.6 is 0 Å². The molecular formula is C16H18F3NO4. The second-order valence-corrected chi connectivity index (χ2v) is 5.20. The Morgan fingerprint density at radius 1 is 0.917 bits per heavy atom. The summed E-state index contributed by atoms with van der Waals surface area (Å²) in [6.45, 7) is 4.92. The maximum Gasteiger partial charge on any atom is 0.332 e. The van der Waals surface area contributed by atoms with Gasteiger partial charge in [-0.15, -0.1) is 0 Å². The third kappa shape index (κ3) is 3.05. The smallest absolute Gasteiger partial charge is 0.332 e. The molecule has 8 heteroatoms. The van der Waals surface area contributed by atoms with E-state index < -0.39 is 42.2 Å². The Balaban J connectivity index is 2.61. The van der Waals surface area contributed by atoms with Crippen LogP contribution in [-0.4, -0.2) is 24.9 Å². The van der Waals surface area contributed by atoms with Crippen LogP contribution in [0.5, 0.6) is 0 Å². The maximum absolute atomic E-state index is 14.5. The first kappa shape index (κ1) is 18.1. The number of benzene rings is 1. The van der Waals surface area contributed by atoms with Gasteiger partial charge in [0.15, 0.2) is 17.5 Å². The number of hydrogen-bond donors (Lipinski definition) is 0. The number of hydrogen-bond acceptors (Lipinski definition) is 5. The Morgan fingerprint density at radius 2 is 1.46 bits per heavy atom. The first-order valence-corrected chi connectivity index (χ1v) is 7.69. The number of carbonyl (C=O) groups excluding carboxylic acids is 2. The van der Waals surface area contributed by atoms with E-state index in [2.05, 4.69) is 0 Å². The summed E-state index contributed by atoms with van der Waals surface area (Å²) in [5.74, 6) is -5.89. The molecule has 0 bridgehead atoms. The van der Waals surface area contributed by atoms with Crippen LogP contribution in [0.15, 0.2) is 0 Å². The van der Waals surface area contributed by atoms with Crippen molar-refractivity contribution in [3.63, 3.8) is 0 Å². The van der Waals surface area contributed by atoms with Gasteiger partial charge in [0.05, 0.1) is 5.69 Å². The van der Waals surface area contributed by atoms with E-state index in [0.29, 0.717) is 0 Å². The minimum absolute atomic E-state index is 0.0401. The van der Waals surface area contributed by atoms with Crippen molar-refractivity contribution >= 4 is 17.6 Å². The summed E-state index contributed by atoms with van der Waals surface area (Å²) in [6.07, 6.45) is -1.69. The van der Waals surface area contributed by atoms with E-state index in [9.17, 15) is 22.8 Å². The third-order valence-electron chi connectivity index (χ3n) is 3.85. The van der Waals surface area contributed by atoms with E-state index in [1.165, 1.54) is 0 Å². The van der Waals surface area contributed by atoms with Crippen LogP contribution in [0.3, 0.4) is 0 Å². The van der Waals surface area contributed by atoms with Crippen molar-refractivity contribution < 1.29 is 32.2 Å². The Morgan fingerprint density at radius 3 is 1.92 bits per heavy atom. The molecule has 1 fully saturated rings. The number of ether oxygens (including phenoxy) is 2. The zero-order valence-electron chi connectivity index (χ0n) is 13.6. The first-order chi connectivity index (χ1) is 11.3. The van der Waals surface area contributed by atoms with E-state index >= 15 is 0 Å². The number of esters is 2. The molecule has 0 N–H and O–H groups in total. The Labute approximate surface area is 137 Å². The SMILES string of the molecule is CCc1c(F)c(F)c(F)c(N(CC)C2OC(=O)CC(=O)O2)c1CC. The van der Waals surface area contributed by atoms with Gasteiger partial charge in [-0.1, -0.05) is 13.8 Å². The second-order valence-electron chi connectivity index (χ2n) is 5.20. The minimum Gasteiger partial charge on any atom is -0.405 e. The minimum atomic E-state index is -1.61. The van der Waals surface area contributed by atoms with Gasteiger partial charge < -0.3 is 9.47 Å². The van der Waals surface area contributed by atoms with Gasteiger partial charge in [0, 0.05) is 6.54 Å². The number of carbonyl (C=O) groups is 2. The van der Waals surface area contributed by atoms with E-state index in [4.69, 9.17) is 9.47 Å². The Bertz CT molecular complexity index is 662. The van der Waals surface area contributed by atoms with Gasteiger partial charge in [-0.2, -0.15) is 0 Å². The summed E-state index contributed by atoms with van der Waals surface area (Å²) >= 11 is 0. The molecule has 0 spiro atoms. The monoisotopic (exact) mass is 345 g/mol. The van der Waals surface area contributed by atoms with Crippen LogP contribution in [0.25, 0.3) is 0 Å². The molecule has 0 aliphatic carbocycles. The van der Waals surface area contributed by atoms with Gasteiger partial charge in [-0.25, -0.2) is 13.2 Å². The lowest BCUT2D eigenvalue weighted by Crippen LogP contribution is -2.46. The van der Waals surface area contributed by atoms with E-state index in [1.807, 2.05) is 0 Å². The molecule has 1 aromatic carbocycles. The lowest BCUT2D eigenvalue weighted by Gasteiger charge is -2.35. The van der Waals surface area contributed by atoms with Gasteiger partial charge >= 0.3 is 18.4 Å². The van der Waals surface area contributed by atoms with Crippen LogP contribution in [0.1, 0.15) is 38.3 Å². The summed E-state index contributed by atoms with van der Waals surface area (Å²) < 4.78 is 52.3. The van der Waals surface area contributed by atoms with Gasteiger partial charge in [0.1, 0.15) is 6.42 Å². The summed E-state index contributed by atoms with van der Waals surface area (Å²) in [5.41, 5.74) is 0.0231. The molecule has 0 atom stereocenters. The fourth-order valence-corrected chi connectivity index (χ4v) is 2.78. The summed E-state index contributed by atoms with van der Waals surface area (Å²) in [5, 5.41) is 0. The molecule has 0 saturated carbocycles. The van der Waals surface area contributed by atoms with Crippen molar-refractivity contribution in [3.05, 3.63) is 28.6 Å². The highest BCUT2D eigenvalue weighted by molar-refractivity contribution is 5.92. The van der Waals surface area contributed by atoms with Gasteiger partial charge in [-0.05, 0) is 30.9 Å². The summed E-state index contributed by atoms with van der Waals surface area (Å²) in [4.78, 5) is 24.0. The third-order valence-corrected chi connectivity index (χ3v) is 3.85. The molecule has 0 radical (unpaired) electrons. The van der Waals surface area contributed by atoms with Crippen LogP contribution in [0.2, 0.25) is 0 Å². The van der Waals surface area contributed by atoms with E-state index in [0.717, 1.165) is 4.90 Å². The highest BCUT2D eigenvalue weighted by atomic mass is 19.2. The predicted molar refractivity (Wildman–Crippen MR) is 78.7 cm³/mol.